The normalized spacial score (nSPS) is 15.4. The van der Waals surface area contributed by atoms with Crippen LogP contribution in [0, 0.1) is 24.5 Å². The Labute approximate surface area is 194 Å². The van der Waals surface area contributed by atoms with Crippen molar-refractivity contribution in [2.75, 3.05) is 18.4 Å². The molecular weight excluding hydrogens is 458 g/mol. The summed E-state index contributed by atoms with van der Waals surface area (Å²) in [6, 6.07) is 7.66. The van der Waals surface area contributed by atoms with Crippen molar-refractivity contribution in [3.05, 3.63) is 69.5 Å². The van der Waals surface area contributed by atoms with Crippen LogP contribution in [0.1, 0.15) is 41.8 Å². The number of pyridine rings is 1. The summed E-state index contributed by atoms with van der Waals surface area (Å²) in [7, 11) is 0. The van der Waals surface area contributed by atoms with Gasteiger partial charge in [0.1, 0.15) is 11.6 Å². The highest BCUT2D eigenvalue weighted by atomic mass is 35.5. The lowest BCUT2D eigenvalue weighted by atomic mass is 9.91. The van der Waals surface area contributed by atoms with Crippen molar-refractivity contribution in [1.29, 1.82) is 0 Å². The zero-order valence-corrected chi connectivity index (χ0v) is 18.8. The molecule has 1 aromatic carbocycles. The molecule has 0 atom stereocenters. The number of benzene rings is 1. The molecule has 176 valence electrons. The average Bonchev–Trinajstić information content (AvgIpc) is 3.19. The van der Waals surface area contributed by atoms with Gasteiger partial charge in [0.2, 0.25) is 0 Å². The summed E-state index contributed by atoms with van der Waals surface area (Å²) in [6.45, 7) is 3.61. The van der Waals surface area contributed by atoms with E-state index in [1.807, 2.05) is 0 Å². The molecule has 33 heavy (non-hydrogen) atoms. The van der Waals surface area contributed by atoms with Crippen LogP contribution in [0.5, 0.6) is 0 Å². The molecule has 0 saturated carbocycles. The fourth-order valence-electron chi connectivity index (χ4n) is 4.11. The van der Waals surface area contributed by atoms with Crippen molar-refractivity contribution < 1.29 is 17.6 Å². The van der Waals surface area contributed by atoms with E-state index < -0.39 is 23.6 Å². The number of hydrogen-bond donors (Lipinski definition) is 2. The van der Waals surface area contributed by atoms with E-state index in [1.54, 1.807) is 25.1 Å². The molecule has 2 aromatic heterocycles. The van der Waals surface area contributed by atoms with Gasteiger partial charge in [-0.05, 0) is 57.3 Å². The third-order valence-corrected chi connectivity index (χ3v) is 6.16. The van der Waals surface area contributed by atoms with E-state index in [0.717, 1.165) is 24.6 Å². The number of halogens is 5. The quantitative estimate of drug-likeness (QED) is 0.396. The molecule has 1 aliphatic heterocycles. The first-order valence-corrected chi connectivity index (χ1v) is 11.1. The highest BCUT2D eigenvalue weighted by Crippen LogP contribution is 2.31. The Morgan fingerprint density at radius 2 is 1.91 bits per heavy atom. The zero-order valence-electron chi connectivity index (χ0n) is 18.0. The smallest absolute Gasteiger partial charge is 0.266 e. The van der Waals surface area contributed by atoms with Gasteiger partial charge in [-0.3, -0.25) is 10.00 Å². The number of aromatic nitrogens is 3. The molecule has 1 fully saturated rings. The predicted octanol–water partition coefficient (Wildman–Crippen LogP) is 6.18. The van der Waals surface area contributed by atoms with Crippen LogP contribution in [0.2, 0.25) is 5.02 Å². The summed E-state index contributed by atoms with van der Waals surface area (Å²) in [5, 5.41) is 9.71. The lowest BCUT2D eigenvalue weighted by Gasteiger charge is -2.32. The summed E-state index contributed by atoms with van der Waals surface area (Å²) in [5.74, 6) is -0.747. The fourth-order valence-corrected chi connectivity index (χ4v) is 4.30. The average molecular weight is 482 g/mol. The van der Waals surface area contributed by atoms with Crippen LogP contribution in [-0.2, 0) is 13.0 Å². The Hall–Kier alpha value is -2.65. The van der Waals surface area contributed by atoms with E-state index in [9.17, 15) is 17.6 Å². The molecule has 5 nitrogen and oxygen atoms in total. The van der Waals surface area contributed by atoms with Crippen LogP contribution in [0.4, 0.5) is 29.2 Å². The molecule has 0 radical (unpaired) electrons. The third kappa shape index (κ3) is 5.65. The molecule has 0 bridgehead atoms. The Kier molecular flexibility index (Phi) is 7.19. The standard InChI is InChI=1S/C23H24ClF4N5/c1-13-9-20(32-31-13)30-19-11-16(23(27)28)22(26)18(29-19)10-14-5-7-33(8-6-14)12-15-3-2-4-17(24)21(15)25/h2-4,9,11,14,23H,5-8,10,12H2,1H3,(H2,29,30,31,32). The van der Waals surface area contributed by atoms with Crippen LogP contribution in [-0.4, -0.2) is 33.2 Å². The van der Waals surface area contributed by atoms with Gasteiger partial charge in [-0.2, -0.15) is 5.10 Å². The van der Waals surface area contributed by atoms with Gasteiger partial charge in [-0.1, -0.05) is 23.7 Å². The van der Waals surface area contributed by atoms with Crippen molar-refractivity contribution >= 4 is 23.2 Å². The minimum atomic E-state index is -2.96. The van der Waals surface area contributed by atoms with Crippen molar-refractivity contribution in [2.45, 2.75) is 39.2 Å². The molecule has 0 aliphatic carbocycles. The SMILES string of the molecule is Cc1cc(Nc2cc(C(F)F)c(F)c(CC3CCN(Cc4cccc(Cl)c4F)CC3)n2)n[nH]1. The van der Waals surface area contributed by atoms with Crippen LogP contribution in [0.25, 0.3) is 0 Å². The van der Waals surface area contributed by atoms with Gasteiger partial charge in [0, 0.05) is 23.9 Å². The predicted molar refractivity (Wildman–Crippen MR) is 119 cm³/mol. The first-order chi connectivity index (χ1) is 15.8. The summed E-state index contributed by atoms with van der Waals surface area (Å²) in [5.41, 5.74) is 0.659. The second-order valence-electron chi connectivity index (χ2n) is 8.36. The lowest BCUT2D eigenvalue weighted by Crippen LogP contribution is -2.34. The second-order valence-corrected chi connectivity index (χ2v) is 8.76. The number of piperidine rings is 1. The lowest BCUT2D eigenvalue weighted by molar-refractivity contribution is 0.145. The third-order valence-electron chi connectivity index (χ3n) is 5.87. The number of likely N-dealkylation sites (tertiary alicyclic amines) is 1. The van der Waals surface area contributed by atoms with Crippen LogP contribution in [0.3, 0.4) is 0 Å². The number of rotatable bonds is 7. The van der Waals surface area contributed by atoms with Gasteiger partial charge in [-0.25, -0.2) is 22.5 Å². The number of H-pyrrole nitrogens is 1. The number of hydrogen-bond acceptors (Lipinski definition) is 4. The second kappa shape index (κ2) is 10.1. The Bertz CT molecular complexity index is 1110. The molecule has 1 saturated heterocycles. The van der Waals surface area contributed by atoms with Gasteiger partial charge >= 0.3 is 0 Å². The first kappa shape index (κ1) is 23.5. The summed E-state index contributed by atoms with van der Waals surface area (Å²) >= 11 is 5.86. The monoisotopic (exact) mass is 481 g/mol. The first-order valence-electron chi connectivity index (χ1n) is 10.7. The molecule has 3 heterocycles. The minimum Gasteiger partial charge on any atom is -0.323 e. The number of aryl methyl sites for hydroxylation is 1. The number of aromatic amines is 1. The molecule has 4 rings (SSSR count). The Morgan fingerprint density at radius 3 is 2.58 bits per heavy atom. The number of nitrogens with zero attached hydrogens (tertiary/aromatic N) is 3. The molecule has 1 aliphatic rings. The minimum absolute atomic E-state index is 0.0156. The van der Waals surface area contributed by atoms with E-state index in [2.05, 4.69) is 25.4 Å². The maximum atomic E-state index is 14.8. The van der Waals surface area contributed by atoms with Crippen LogP contribution >= 0.6 is 11.6 Å². The Balaban J connectivity index is 1.43. The summed E-state index contributed by atoms with van der Waals surface area (Å²) in [4.78, 5) is 6.38. The van der Waals surface area contributed by atoms with Crippen molar-refractivity contribution in [3.63, 3.8) is 0 Å². The van der Waals surface area contributed by atoms with Crippen molar-refractivity contribution in [3.8, 4) is 0 Å². The fraction of sp³-hybridized carbons (Fsp3) is 0.391. The molecule has 0 unspecified atom stereocenters. The van der Waals surface area contributed by atoms with E-state index in [1.165, 1.54) is 6.07 Å². The van der Waals surface area contributed by atoms with Gasteiger partial charge in [0.05, 0.1) is 16.3 Å². The number of alkyl halides is 2. The van der Waals surface area contributed by atoms with Gasteiger partial charge < -0.3 is 5.32 Å². The van der Waals surface area contributed by atoms with E-state index in [4.69, 9.17) is 11.6 Å². The van der Waals surface area contributed by atoms with E-state index >= 15 is 0 Å². The van der Waals surface area contributed by atoms with Gasteiger partial charge in [-0.15, -0.1) is 0 Å². The molecule has 2 N–H and O–H groups in total. The topological polar surface area (TPSA) is 56.8 Å². The maximum Gasteiger partial charge on any atom is 0.266 e. The molecule has 3 aromatic rings. The molecule has 10 heteroatoms. The molecule has 0 spiro atoms. The number of anilines is 2. The van der Waals surface area contributed by atoms with Crippen molar-refractivity contribution in [1.82, 2.24) is 20.1 Å². The highest BCUT2D eigenvalue weighted by molar-refractivity contribution is 6.30. The largest absolute Gasteiger partial charge is 0.323 e. The van der Waals surface area contributed by atoms with Crippen LogP contribution in [0.15, 0.2) is 30.3 Å². The highest BCUT2D eigenvalue weighted by Gasteiger charge is 2.25. The van der Waals surface area contributed by atoms with E-state index in [-0.39, 0.29) is 28.9 Å². The zero-order chi connectivity index (χ0) is 23.5. The summed E-state index contributed by atoms with van der Waals surface area (Å²) < 4.78 is 55.9. The Morgan fingerprint density at radius 1 is 1.15 bits per heavy atom. The van der Waals surface area contributed by atoms with Crippen molar-refractivity contribution in [2.24, 2.45) is 5.92 Å². The summed E-state index contributed by atoms with van der Waals surface area (Å²) in [6.07, 6.45) is -1.25. The van der Waals surface area contributed by atoms with E-state index in [0.29, 0.717) is 31.0 Å². The number of nitrogens with one attached hydrogen (secondary N) is 2. The van der Waals surface area contributed by atoms with Gasteiger partial charge in [0.25, 0.3) is 6.43 Å². The van der Waals surface area contributed by atoms with Crippen LogP contribution < -0.4 is 5.32 Å². The molecule has 0 amide bonds. The maximum absolute atomic E-state index is 14.8. The molecular formula is C23H24ClF4N5. The van der Waals surface area contributed by atoms with Gasteiger partial charge in [0.15, 0.2) is 11.6 Å².